The predicted octanol–water partition coefficient (Wildman–Crippen LogP) is 4.27. The highest BCUT2D eigenvalue weighted by atomic mass is 32.2. The van der Waals surface area contributed by atoms with E-state index in [1.54, 1.807) is 32.0 Å². The Balaban J connectivity index is 1.68. The maximum atomic E-state index is 12.4. The first-order valence-corrected chi connectivity index (χ1v) is 11.4. The number of hydrogen-bond acceptors (Lipinski definition) is 7. The number of benzene rings is 2. The number of rotatable bonds is 10. The standard InChI is InChI=1S/C21H23N3O5S2/c1-28-12-11-23-18-10-5-15(24(26)27)14-19(18)31-21(23)22-20(25)4-3-13-30-17-8-6-16(29-2)7-9-17/h5-10,14H,3-4,11-13H2,1-2H3. The van der Waals surface area contributed by atoms with Crippen molar-refractivity contribution in [2.75, 3.05) is 26.6 Å². The maximum Gasteiger partial charge on any atom is 0.270 e. The minimum absolute atomic E-state index is 0.0149. The second-order valence-electron chi connectivity index (χ2n) is 6.57. The van der Waals surface area contributed by atoms with Gasteiger partial charge in [0.15, 0.2) is 4.80 Å². The fourth-order valence-electron chi connectivity index (χ4n) is 2.91. The molecular formula is C21H23N3O5S2. The summed E-state index contributed by atoms with van der Waals surface area (Å²) in [5.41, 5.74) is 0.815. The van der Waals surface area contributed by atoms with E-state index in [0.717, 1.165) is 21.9 Å². The molecule has 3 rings (SSSR count). The fraction of sp³-hybridized carbons (Fsp3) is 0.333. The van der Waals surface area contributed by atoms with E-state index in [4.69, 9.17) is 9.47 Å². The van der Waals surface area contributed by atoms with Crippen molar-refractivity contribution in [1.29, 1.82) is 0 Å². The summed E-state index contributed by atoms with van der Waals surface area (Å²) in [5, 5.41) is 11.1. The molecular weight excluding hydrogens is 438 g/mol. The van der Waals surface area contributed by atoms with Gasteiger partial charge in [-0.15, -0.1) is 11.8 Å². The lowest BCUT2D eigenvalue weighted by Gasteiger charge is -2.04. The molecule has 0 saturated carbocycles. The zero-order valence-electron chi connectivity index (χ0n) is 17.3. The molecule has 0 aliphatic carbocycles. The van der Waals surface area contributed by atoms with Crippen LogP contribution in [0.4, 0.5) is 5.69 Å². The van der Waals surface area contributed by atoms with E-state index in [9.17, 15) is 14.9 Å². The van der Waals surface area contributed by atoms with Gasteiger partial charge in [0.05, 0.1) is 28.9 Å². The highest BCUT2D eigenvalue weighted by molar-refractivity contribution is 7.99. The van der Waals surface area contributed by atoms with Gasteiger partial charge < -0.3 is 14.0 Å². The third-order valence-corrected chi connectivity index (χ3v) is 6.62. The number of amides is 1. The Morgan fingerprint density at radius 3 is 2.68 bits per heavy atom. The number of thioether (sulfide) groups is 1. The molecule has 0 aliphatic heterocycles. The van der Waals surface area contributed by atoms with E-state index in [0.29, 0.717) is 35.5 Å². The molecule has 1 aromatic heterocycles. The summed E-state index contributed by atoms with van der Waals surface area (Å²) in [4.78, 5) is 29.0. The first-order valence-electron chi connectivity index (χ1n) is 9.63. The largest absolute Gasteiger partial charge is 0.497 e. The molecule has 0 fully saturated rings. The summed E-state index contributed by atoms with van der Waals surface area (Å²) in [7, 11) is 3.23. The lowest BCUT2D eigenvalue weighted by molar-refractivity contribution is -0.384. The zero-order valence-corrected chi connectivity index (χ0v) is 18.9. The van der Waals surface area contributed by atoms with E-state index < -0.39 is 4.92 Å². The van der Waals surface area contributed by atoms with E-state index in [1.165, 1.54) is 23.5 Å². The number of fused-ring (bicyclic) bond motifs is 1. The molecule has 164 valence electrons. The van der Waals surface area contributed by atoms with Crippen molar-refractivity contribution in [3.8, 4) is 5.75 Å². The molecule has 0 spiro atoms. The molecule has 1 heterocycles. The third kappa shape index (κ3) is 6.16. The lowest BCUT2D eigenvalue weighted by Crippen LogP contribution is -2.19. The van der Waals surface area contributed by atoms with E-state index >= 15 is 0 Å². The van der Waals surface area contributed by atoms with Gasteiger partial charge in [-0.3, -0.25) is 14.9 Å². The van der Waals surface area contributed by atoms with Gasteiger partial charge in [-0.05, 0) is 42.5 Å². The monoisotopic (exact) mass is 461 g/mol. The van der Waals surface area contributed by atoms with Gasteiger partial charge in [-0.1, -0.05) is 11.3 Å². The Labute approximate surface area is 187 Å². The zero-order chi connectivity index (χ0) is 22.2. The highest BCUT2D eigenvalue weighted by Gasteiger charge is 2.12. The van der Waals surface area contributed by atoms with Crippen LogP contribution in [0.15, 0.2) is 52.4 Å². The topological polar surface area (TPSA) is 96.0 Å². The Hall–Kier alpha value is -2.69. The van der Waals surface area contributed by atoms with Gasteiger partial charge in [0.25, 0.3) is 5.69 Å². The third-order valence-electron chi connectivity index (χ3n) is 4.48. The van der Waals surface area contributed by atoms with Crippen LogP contribution in [0, 0.1) is 10.1 Å². The molecule has 3 aromatic rings. The van der Waals surface area contributed by atoms with Gasteiger partial charge >= 0.3 is 0 Å². The van der Waals surface area contributed by atoms with E-state index in [2.05, 4.69) is 4.99 Å². The minimum atomic E-state index is -0.429. The first-order chi connectivity index (χ1) is 15.0. The molecule has 1 amide bonds. The van der Waals surface area contributed by atoms with Crippen molar-refractivity contribution in [2.24, 2.45) is 4.99 Å². The number of nitro benzene ring substituents is 1. The van der Waals surface area contributed by atoms with Crippen molar-refractivity contribution in [3.63, 3.8) is 0 Å². The van der Waals surface area contributed by atoms with Crippen molar-refractivity contribution in [2.45, 2.75) is 24.3 Å². The van der Waals surface area contributed by atoms with Crippen LogP contribution in [0.3, 0.4) is 0 Å². The summed E-state index contributed by atoms with van der Waals surface area (Å²) >= 11 is 2.95. The summed E-state index contributed by atoms with van der Waals surface area (Å²) in [5.74, 6) is 1.41. The second kappa shape index (κ2) is 11.1. The molecule has 31 heavy (non-hydrogen) atoms. The van der Waals surface area contributed by atoms with Gasteiger partial charge in [0.1, 0.15) is 5.75 Å². The van der Waals surface area contributed by atoms with E-state index in [1.807, 2.05) is 28.8 Å². The van der Waals surface area contributed by atoms with Crippen LogP contribution in [0.2, 0.25) is 0 Å². The summed E-state index contributed by atoms with van der Waals surface area (Å²) < 4.78 is 12.9. The van der Waals surface area contributed by atoms with E-state index in [-0.39, 0.29) is 11.6 Å². The Morgan fingerprint density at radius 2 is 2.00 bits per heavy atom. The number of nitro groups is 1. The van der Waals surface area contributed by atoms with Crippen molar-refractivity contribution in [3.05, 3.63) is 57.4 Å². The number of hydrogen-bond donors (Lipinski definition) is 0. The number of ether oxygens (including phenoxy) is 2. The number of nitrogens with zero attached hydrogens (tertiary/aromatic N) is 3. The van der Waals surface area contributed by atoms with Crippen LogP contribution in [0.25, 0.3) is 10.2 Å². The number of methoxy groups -OCH3 is 2. The quantitative estimate of drug-likeness (QED) is 0.194. The Kier molecular flexibility index (Phi) is 8.21. The highest BCUT2D eigenvalue weighted by Crippen LogP contribution is 2.24. The van der Waals surface area contributed by atoms with Gasteiger partial charge in [-0.25, -0.2) is 0 Å². The van der Waals surface area contributed by atoms with Crippen LogP contribution in [0.5, 0.6) is 5.75 Å². The van der Waals surface area contributed by atoms with Gasteiger partial charge in [0, 0.05) is 37.1 Å². The maximum absolute atomic E-state index is 12.4. The average molecular weight is 462 g/mol. The number of carbonyl (C=O) groups excluding carboxylic acids is 1. The SMILES string of the molecule is COCCn1c(=NC(=O)CCCSc2ccc(OC)cc2)sc2cc([N+](=O)[O-])ccc21. The predicted molar refractivity (Wildman–Crippen MR) is 122 cm³/mol. The van der Waals surface area contributed by atoms with Crippen LogP contribution in [0.1, 0.15) is 12.8 Å². The summed E-state index contributed by atoms with van der Waals surface area (Å²) in [6.07, 6.45) is 1.04. The van der Waals surface area contributed by atoms with Crippen molar-refractivity contribution < 1.29 is 19.2 Å². The fourth-order valence-corrected chi connectivity index (χ4v) is 4.87. The molecule has 0 saturated heterocycles. The number of carbonyl (C=O) groups is 1. The minimum Gasteiger partial charge on any atom is -0.497 e. The number of thiazole rings is 1. The molecule has 0 bridgehead atoms. The summed E-state index contributed by atoms with van der Waals surface area (Å²) in [6, 6.07) is 12.5. The molecule has 10 heteroatoms. The average Bonchev–Trinajstić information content (AvgIpc) is 3.11. The first kappa shape index (κ1) is 23.0. The van der Waals surface area contributed by atoms with Crippen LogP contribution in [-0.2, 0) is 16.1 Å². The molecule has 8 nitrogen and oxygen atoms in total. The van der Waals surface area contributed by atoms with Crippen LogP contribution >= 0.6 is 23.1 Å². The summed E-state index contributed by atoms with van der Waals surface area (Å²) in [6.45, 7) is 0.955. The van der Waals surface area contributed by atoms with Crippen LogP contribution < -0.4 is 9.54 Å². The molecule has 0 atom stereocenters. The smallest absolute Gasteiger partial charge is 0.270 e. The number of aromatic nitrogens is 1. The van der Waals surface area contributed by atoms with Gasteiger partial charge in [-0.2, -0.15) is 4.99 Å². The van der Waals surface area contributed by atoms with Crippen molar-refractivity contribution >= 4 is 44.9 Å². The second-order valence-corrected chi connectivity index (χ2v) is 8.75. The molecule has 0 N–H and O–H groups in total. The Morgan fingerprint density at radius 1 is 1.23 bits per heavy atom. The van der Waals surface area contributed by atoms with Crippen LogP contribution in [-0.4, -0.2) is 42.0 Å². The van der Waals surface area contributed by atoms with Crippen molar-refractivity contribution in [1.82, 2.24) is 4.57 Å². The number of non-ortho nitro benzene ring substituents is 1. The molecule has 2 aromatic carbocycles. The molecule has 0 unspecified atom stereocenters. The Bertz CT molecular complexity index is 1120. The molecule has 0 radical (unpaired) electrons. The van der Waals surface area contributed by atoms with Gasteiger partial charge in [0.2, 0.25) is 5.91 Å². The molecule has 0 aliphatic rings. The lowest BCUT2D eigenvalue weighted by atomic mass is 10.3. The normalized spacial score (nSPS) is 11.7.